The van der Waals surface area contributed by atoms with Gasteiger partial charge in [0, 0.05) is 18.7 Å². The van der Waals surface area contributed by atoms with Gasteiger partial charge in [-0.2, -0.15) is 4.31 Å². The lowest BCUT2D eigenvalue weighted by Crippen LogP contribution is -2.30. The molecule has 28 heavy (non-hydrogen) atoms. The molecule has 1 heterocycles. The molecule has 3 aromatic rings. The fraction of sp³-hybridized carbons (Fsp3) is 0.222. The van der Waals surface area contributed by atoms with E-state index in [9.17, 15) is 13.2 Å². The zero-order valence-corrected chi connectivity index (χ0v) is 18.2. The highest BCUT2D eigenvalue weighted by Crippen LogP contribution is 2.35. The monoisotopic (exact) mass is 457 g/mol. The molecule has 10 heteroatoms. The fourth-order valence-electron chi connectivity index (χ4n) is 2.65. The van der Waals surface area contributed by atoms with Crippen molar-refractivity contribution in [1.82, 2.24) is 9.29 Å². The van der Waals surface area contributed by atoms with E-state index >= 15 is 0 Å². The Bertz CT molecular complexity index is 1120. The van der Waals surface area contributed by atoms with Gasteiger partial charge in [0.15, 0.2) is 5.13 Å². The predicted octanol–water partition coefficient (Wildman–Crippen LogP) is 4.89. The summed E-state index contributed by atoms with van der Waals surface area (Å²) in [7, 11) is -3.56. The third-order valence-corrected chi connectivity index (χ3v) is 7.93. The number of rotatable bonds is 6. The smallest absolute Gasteiger partial charge is 0.257 e. The number of carbonyl (C=O) groups excluding carboxylic acids is 1. The Labute approximate surface area is 177 Å². The number of nitrogens with one attached hydrogen (secondary N) is 1. The summed E-state index contributed by atoms with van der Waals surface area (Å²) in [5.74, 6) is -0.395. The number of hydrogen-bond acceptors (Lipinski definition) is 5. The highest BCUT2D eigenvalue weighted by atomic mass is 35.5. The Morgan fingerprint density at radius 1 is 1.11 bits per heavy atom. The Kier molecular flexibility index (Phi) is 6.26. The van der Waals surface area contributed by atoms with Crippen LogP contribution < -0.4 is 5.32 Å². The molecule has 6 nitrogen and oxygen atoms in total. The first-order valence-electron chi connectivity index (χ1n) is 8.44. The van der Waals surface area contributed by atoms with Gasteiger partial charge in [0.25, 0.3) is 5.91 Å². The largest absolute Gasteiger partial charge is 0.298 e. The van der Waals surface area contributed by atoms with Crippen LogP contribution in [-0.4, -0.2) is 36.7 Å². The summed E-state index contributed by atoms with van der Waals surface area (Å²) in [6.07, 6.45) is 0. The molecule has 0 atom stereocenters. The summed E-state index contributed by atoms with van der Waals surface area (Å²) in [6, 6.07) is 9.26. The first-order valence-corrected chi connectivity index (χ1v) is 11.4. The molecule has 2 aromatic carbocycles. The van der Waals surface area contributed by atoms with Crippen LogP contribution in [0, 0.1) is 0 Å². The first-order chi connectivity index (χ1) is 13.3. The molecule has 3 rings (SSSR count). The topological polar surface area (TPSA) is 79.4 Å². The van der Waals surface area contributed by atoms with Gasteiger partial charge in [-0.1, -0.05) is 48.4 Å². The number of hydrogen-bond donors (Lipinski definition) is 1. The van der Waals surface area contributed by atoms with Crippen LogP contribution in [0.3, 0.4) is 0 Å². The van der Waals surface area contributed by atoms with E-state index in [1.165, 1.54) is 39.9 Å². The van der Waals surface area contributed by atoms with Gasteiger partial charge >= 0.3 is 0 Å². The van der Waals surface area contributed by atoms with Crippen LogP contribution >= 0.6 is 34.5 Å². The van der Waals surface area contributed by atoms with Crippen molar-refractivity contribution in [1.29, 1.82) is 0 Å². The maximum Gasteiger partial charge on any atom is 0.257 e. The second kappa shape index (κ2) is 8.34. The average molecular weight is 458 g/mol. The summed E-state index contributed by atoms with van der Waals surface area (Å²) < 4.78 is 27.2. The number of halogens is 2. The minimum Gasteiger partial charge on any atom is -0.298 e. The number of amides is 1. The maximum absolute atomic E-state index is 12.5. The van der Waals surface area contributed by atoms with Gasteiger partial charge in [-0.3, -0.25) is 10.1 Å². The van der Waals surface area contributed by atoms with E-state index < -0.39 is 15.9 Å². The highest BCUT2D eigenvalue weighted by Gasteiger charge is 2.22. The van der Waals surface area contributed by atoms with Crippen molar-refractivity contribution in [3.05, 3.63) is 52.0 Å². The Morgan fingerprint density at radius 2 is 1.75 bits per heavy atom. The molecule has 1 aromatic heterocycles. The van der Waals surface area contributed by atoms with Crippen molar-refractivity contribution >= 4 is 65.8 Å². The third-order valence-electron chi connectivity index (χ3n) is 4.13. The summed E-state index contributed by atoms with van der Waals surface area (Å²) in [4.78, 5) is 16.9. The SMILES string of the molecule is CCN(CC)S(=O)(=O)c1ccc(C(=O)Nc2nc3c(Cl)c(Cl)ccc3s2)cc1. The van der Waals surface area contributed by atoms with Crippen molar-refractivity contribution in [3.8, 4) is 0 Å². The fourth-order valence-corrected chi connectivity index (χ4v) is 5.39. The molecule has 0 aliphatic rings. The van der Waals surface area contributed by atoms with Crippen LogP contribution in [0.25, 0.3) is 10.2 Å². The zero-order valence-electron chi connectivity index (χ0n) is 15.1. The molecule has 0 radical (unpaired) electrons. The number of benzene rings is 2. The predicted molar refractivity (Wildman–Crippen MR) is 114 cm³/mol. The van der Waals surface area contributed by atoms with E-state index in [0.717, 1.165) is 4.70 Å². The molecule has 1 N–H and O–H groups in total. The minimum absolute atomic E-state index is 0.147. The number of aromatic nitrogens is 1. The van der Waals surface area contributed by atoms with Gasteiger partial charge in [-0.25, -0.2) is 13.4 Å². The molecule has 148 valence electrons. The average Bonchev–Trinajstić information content (AvgIpc) is 3.09. The lowest BCUT2D eigenvalue weighted by atomic mass is 10.2. The molecule has 1 amide bonds. The van der Waals surface area contributed by atoms with Crippen LogP contribution in [0.4, 0.5) is 5.13 Å². The third kappa shape index (κ3) is 4.01. The van der Waals surface area contributed by atoms with Crippen LogP contribution in [0.2, 0.25) is 10.0 Å². The lowest BCUT2D eigenvalue weighted by molar-refractivity contribution is 0.102. The van der Waals surface area contributed by atoms with Gasteiger partial charge < -0.3 is 0 Å². The molecule has 0 aliphatic heterocycles. The second-order valence-electron chi connectivity index (χ2n) is 5.79. The van der Waals surface area contributed by atoms with Crippen LogP contribution in [0.5, 0.6) is 0 Å². The number of carbonyl (C=O) groups is 1. The number of nitrogens with zero attached hydrogens (tertiary/aromatic N) is 2. The maximum atomic E-state index is 12.5. The Balaban J connectivity index is 1.81. The summed E-state index contributed by atoms with van der Waals surface area (Å²) >= 11 is 13.4. The molecule has 0 spiro atoms. The standard InChI is InChI=1S/C18H17Cl2N3O3S2/c1-3-23(4-2)28(25,26)12-7-5-11(6-8-12)17(24)22-18-21-16-14(27-18)10-9-13(19)15(16)20/h5-10H,3-4H2,1-2H3,(H,21,22,24). The first kappa shape index (κ1) is 21.0. The van der Waals surface area contributed by atoms with Gasteiger partial charge in [-0.05, 0) is 36.4 Å². The minimum atomic E-state index is -3.56. The van der Waals surface area contributed by atoms with Crippen molar-refractivity contribution < 1.29 is 13.2 Å². The summed E-state index contributed by atoms with van der Waals surface area (Å²) in [5, 5.41) is 3.81. The molecule has 0 aliphatic carbocycles. The molecular formula is C18H17Cl2N3O3S2. The van der Waals surface area contributed by atoms with Crippen LogP contribution in [0.1, 0.15) is 24.2 Å². The number of fused-ring (bicyclic) bond motifs is 1. The van der Waals surface area contributed by atoms with Crippen molar-refractivity contribution in [2.24, 2.45) is 0 Å². The van der Waals surface area contributed by atoms with E-state index in [0.29, 0.717) is 39.3 Å². The molecular weight excluding hydrogens is 441 g/mol. The van der Waals surface area contributed by atoms with Gasteiger partial charge in [0.05, 0.1) is 19.6 Å². The molecule has 0 unspecified atom stereocenters. The lowest BCUT2D eigenvalue weighted by Gasteiger charge is -2.18. The molecule has 0 bridgehead atoms. The van der Waals surface area contributed by atoms with E-state index in [1.807, 2.05) is 0 Å². The van der Waals surface area contributed by atoms with Gasteiger partial charge in [0.2, 0.25) is 10.0 Å². The second-order valence-corrected chi connectivity index (χ2v) is 9.55. The van der Waals surface area contributed by atoms with Crippen molar-refractivity contribution in [3.63, 3.8) is 0 Å². The van der Waals surface area contributed by atoms with Crippen molar-refractivity contribution in [2.45, 2.75) is 18.7 Å². The van der Waals surface area contributed by atoms with Crippen molar-refractivity contribution in [2.75, 3.05) is 18.4 Å². The van der Waals surface area contributed by atoms with Gasteiger partial charge in [0.1, 0.15) is 5.52 Å². The molecule has 0 saturated carbocycles. The van der Waals surface area contributed by atoms with E-state index in [-0.39, 0.29) is 4.90 Å². The number of sulfonamides is 1. The molecule has 0 fully saturated rings. The highest BCUT2D eigenvalue weighted by molar-refractivity contribution is 7.89. The number of thiazole rings is 1. The van der Waals surface area contributed by atoms with Gasteiger partial charge in [-0.15, -0.1) is 0 Å². The summed E-state index contributed by atoms with van der Waals surface area (Å²) in [6.45, 7) is 4.32. The number of anilines is 1. The van der Waals surface area contributed by atoms with E-state index in [4.69, 9.17) is 23.2 Å². The van der Waals surface area contributed by atoms with Crippen LogP contribution in [-0.2, 0) is 10.0 Å². The zero-order chi connectivity index (χ0) is 20.5. The summed E-state index contributed by atoms with van der Waals surface area (Å²) in [5.41, 5.74) is 0.844. The van der Waals surface area contributed by atoms with E-state index in [2.05, 4.69) is 10.3 Å². The Morgan fingerprint density at radius 3 is 2.36 bits per heavy atom. The van der Waals surface area contributed by atoms with E-state index in [1.54, 1.807) is 26.0 Å². The quantitative estimate of drug-likeness (QED) is 0.571. The normalized spacial score (nSPS) is 11.9. The Hall–Kier alpha value is -1.71. The van der Waals surface area contributed by atoms with Crippen LogP contribution in [0.15, 0.2) is 41.3 Å². The molecule has 0 saturated heterocycles.